The van der Waals surface area contributed by atoms with E-state index in [2.05, 4.69) is 60.7 Å². The van der Waals surface area contributed by atoms with Crippen molar-refractivity contribution >= 4 is 11.7 Å². The summed E-state index contributed by atoms with van der Waals surface area (Å²) in [6, 6.07) is 0. The molecule has 0 aromatic heterocycles. The van der Waals surface area contributed by atoms with Crippen LogP contribution in [0, 0.1) is 63.6 Å². The van der Waals surface area contributed by atoms with Crippen molar-refractivity contribution in [2.24, 2.45) is 63.6 Å². The molecule has 1 heterocycles. The van der Waals surface area contributed by atoms with Crippen LogP contribution in [0.5, 0.6) is 0 Å². The quantitative estimate of drug-likeness (QED) is 0.289. The molecule has 7 aliphatic carbocycles. The molecule has 1 amide bonds. The summed E-state index contributed by atoms with van der Waals surface area (Å²) < 4.78 is 0. The third-order valence-electron chi connectivity index (χ3n) is 17.7. The molecule has 8 fully saturated rings. The molecule has 0 bridgehead atoms. The van der Waals surface area contributed by atoms with E-state index >= 15 is 0 Å². The third-order valence-corrected chi connectivity index (χ3v) is 17.7. The van der Waals surface area contributed by atoms with Gasteiger partial charge in [-0.2, -0.15) is 0 Å². The summed E-state index contributed by atoms with van der Waals surface area (Å²) in [6.07, 6.45) is 39.3. The number of rotatable bonds is 4. The fraction of sp³-hybridized carbons (Fsp3) is 0.962. The van der Waals surface area contributed by atoms with Gasteiger partial charge in [0, 0.05) is 0 Å². The number of Topliss-reactive ketones (excluding diaryl/α,β-unsaturated/α-hetero) is 1. The molecule has 7 saturated carbocycles. The molecule has 0 radical (unpaired) electrons. The number of ketones is 1. The average Bonchev–Trinajstić information content (AvgIpc) is 3.63. The lowest BCUT2D eigenvalue weighted by Gasteiger charge is -2.44. The van der Waals surface area contributed by atoms with Gasteiger partial charge in [-0.3, -0.25) is 9.59 Å². The molecule has 0 unspecified atom stereocenters. The van der Waals surface area contributed by atoms with Crippen molar-refractivity contribution in [1.82, 2.24) is 5.32 Å². The van der Waals surface area contributed by atoms with Gasteiger partial charge < -0.3 is 5.32 Å². The molecule has 1 N–H and O–H groups in total. The first kappa shape index (κ1) is 51.3. The van der Waals surface area contributed by atoms with Crippen molar-refractivity contribution in [3.8, 4) is 0 Å². The standard InChI is InChI=1S/C14H26.C13H24.C12H19NO2.C11H20.3CH4/c1-12(2)13-6-10-14(11-7-13)8-4-3-5-9-14;1-11(2)12-5-9-13(10-6-12)7-3-4-8-13;1-8(2)9-3-5-12(6-4-9)10(14)7-11(15)13-12;1-9(2)10-3-5-11(6-4-10)7-8-11;;;/h12-13H,3-11H2,1-2H3;11-12H,3-10H2,1-2H3;8-9H,3-7H2,1-2H3,(H,13,15);9-10H,3-8H2,1-2H3;3*1H4. The number of carbonyl (C=O) groups is 2. The highest BCUT2D eigenvalue weighted by Crippen LogP contribution is 2.58. The summed E-state index contributed by atoms with van der Waals surface area (Å²) in [5.41, 5.74) is 2.09. The Morgan fingerprint density at radius 2 is 0.661 bits per heavy atom. The lowest BCUT2D eigenvalue weighted by molar-refractivity contribution is -0.124. The highest BCUT2D eigenvalue weighted by atomic mass is 16.2. The second-order valence-corrected chi connectivity index (χ2v) is 22.3. The monoisotopic (exact) mass is 784 g/mol. The molecule has 4 spiro atoms. The zero-order chi connectivity index (χ0) is 38.3. The predicted molar refractivity (Wildman–Crippen MR) is 246 cm³/mol. The second kappa shape index (κ2) is 22.7. The van der Waals surface area contributed by atoms with Crippen molar-refractivity contribution in [2.45, 2.75) is 263 Å². The molecule has 8 rings (SSSR count). The Morgan fingerprint density at radius 3 is 0.911 bits per heavy atom. The molecule has 0 atom stereocenters. The van der Waals surface area contributed by atoms with Crippen LogP contribution in [0.25, 0.3) is 0 Å². The summed E-state index contributed by atoms with van der Waals surface area (Å²) in [6.45, 7) is 18.8. The van der Waals surface area contributed by atoms with Crippen LogP contribution in [0.15, 0.2) is 0 Å². The van der Waals surface area contributed by atoms with Gasteiger partial charge in [-0.1, -0.05) is 110 Å². The van der Waals surface area contributed by atoms with Gasteiger partial charge >= 0.3 is 0 Å². The fourth-order valence-corrected chi connectivity index (χ4v) is 12.8. The van der Waals surface area contributed by atoms with E-state index in [4.69, 9.17) is 0 Å². The van der Waals surface area contributed by atoms with Crippen LogP contribution in [0.4, 0.5) is 0 Å². The van der Waals surface area contributed by atoms with E-state index in [1.807, 2.05) is 0 Å². The van der Waals surface area contributed by atoms with Crippen molar-refractivity contribution in [3.63, 3.8) is 0 Å². The van der Waals surface area contributed by atoms with Gasteiger partial charge in [0.2, 0.25) is 5.91 Å². The summed E-state index contributed by atoms with van der Waals surface area (Å²) in [7, 11) is 0. The Bertz CT molecular complexity index is 1090. The van der Waals surface area contributed by atoms with E-state index in [0.29, 0.717) is 5.92 Å². The Kier molecular flexibility index (Phi) is 20.8. The van der Waals surface area contributed by atoms with E-state index in [0.717, 1.165) is 83.4 Å². The van der Waals surface area contributed by atoms with Gasteiger partial charge in [0.1, 0.15) is 0 Å². The minimum Gasteiger partial charge on any atom is -0.343 e. The Balaban J connectivity index is 0.000000255. The Morgan fingerprint density at radius 1 is 0.393 bits per heavy atom. The molecule has 1 saturated heterocycles. The zero-order valence-corrected chi connectivity index (χ0v) is 36.7. The van der Waals surface area contributed by atoms with Crippen LogP contribution in [0.1, 0.15) is 257 Å². The lowest BCUT2D eigenvalue weighted by Crippen LogP contribution is -2.49. The first-order chi connectivity index (χ1) is 25.2. The minimum atomic E-state index is -0.470. The summed E-state index contributed by atoms with van der Waals surface area (Å²) in [5, 5.41) is 2.89. The summed E-state index contributed by atoms with van der Waals surface area (Å²) >= 11 is 0. The van der Waals surface area contributed by atoms with Crippen molar-refractivity contribution in [3.05, 3.63) is 0 Å². The molecular weight excluding hydrogens is 683 g/mol. The SMILES string of the molecule is C.C.C.CC(C)C1CCC2(CC1)CC2.CC(C)C1CCC2(CC1)NC(=O)CC2=O.CC(C)C1CCC2(CCCC2)CC1.CC(C)C1CCC2(CCCCC2)CC1. The molecule has 56 heavy (non-hydrogen) atoms. The van der Waals surface area contributed by atoms with E-state index in [-0.39, 0.29) is 40.4 Å². The number of hydrogen-bond donors (Lipinski definition) is 1. The van der Waals surface area contributed by atoms with E-state index in [1.54, 1.807) is 77.0 Å². The molecule has 0 aromatic rings. The number of hydrogen-bond acceptors (Lipinski definition) is 2. The molecule has 0 aromatic carbocycles. The Labute approximate surface area is 352 Å². The first-order valence-corrected chi connectivity index (χ1v) is 24.0. The van der Waals surface area contributed by atoms with Gasteiger partial charge in [-0.15, -0.1) is 0 Å². The van der Waals surface area contributed by atoms with E-state index < -0.39 is 5.54 Å². The van der Waals surface area contributed by atoms with Crippen molar-refractivity contribution in [1.29, 1.82) is 0 Å². The third kappa shape index (κ3) is 13.8. The van der Waals surface area contributed by atoms with Gasteiger partial charge in [0.15, 0.2) is 5.78 Å². The van der Waals surface area contributed by atoms with Gasteiger partial charge in [-0.25, -0.2) is 0 Å². The smallest absolute Gasteiger partial charge is 0.228 e. The van der Waals surface area contributed by atoms with E-state index in [9.17, 15) is 9.59 Å². The molecule has 3 nitrogen and oxygen atoms in total. The molecular formula is C53H101NO2. The Hall–Kier alpha value is -0.860. The fourth-order valence-electron chi connectivity index (χ4n) is 12.8. The molecule has 1 aliphatic heterocycles. The van der Waals surface area contributed by atoms with Gasteiger partial charge in [0.05, 0.1) is 12.0 Å². The van der Waals surface area contributed by atoms with Crippen molar-refractivity contribution in [2.75, 3.05) is 0 Å². The van der Waals surface area contributed by atoms with Crippen molar-refractivity contribution < 1.29 is 9.59 Å². The molecule has 330 valence electrons. The lowest BCUT2D eigenvalue weighted by atomic mass is 9.62. The predicted octanol–water partition coefficient (Wildman–Crippen LogP) is 16.4. The number of nitrogens with one attached hydrogen (secondary N) is 1. The maximum atomic E-state index is 11.8. The summed E-state index contributed by atoms with van der Waals surface area (Å²) in [4.78, 5) is 23.0. The highest BCUT2D eigenvalue weighted by molar-refractivity contribution is 6.10. The average molecular weight is 784 g/mol. The number of amides is 1. The number of carbonyl (C=O) groups excluding carboxylic acids is 2. The molecule has 3 heteroatoms. The van der Waals surface area contributed by atoms with Crippen LogP contribution >= 0.6 is 0 Å². The van der Waals surface area contributed by atoms with Crippen LogP contribution in [0.2, 0.25) is 0 Å². The van der Waals surface area contributed by atoms with Gasteiger partial charge in [-0.05, 0) is 205 Å². The van der Waals surface area contributed by atoms with Crippen LogP contribution in [-0.2, 0) is 9.59 Å². The zero-order valence-electron chi connectivity index (χ0n) is 36.7. The van der Waals surface area contributed by atoms with Crippen LogP contribution in [0.3, 0.4) is 0 Å². The maximum absolute atomic E-state index is 11.8. The largest absolute Gasteiger partial charge is 0.343 e. The van der Waals surface area contributed by atoms with Crippen LogP contribution in [-0.4, -0.2) is 17.2 Å². The first-order valence-electron chi connectivity index (χ1n) is 24.0. The van der Waals surface area contributed by atoms with Crippen LogP contribution < -0.4 is 5.32 Å². The topological polar surface area (TPSA) is 46.2 Å². The molecule has 8 aliphatic rings. The summed E-state index contributed by atoms with van der Waals surface area (Å²) in [5.74, 6) is 7.39. The minimum absolute atomic E-state index is 0. The highest BCUT2D eigenvalue weighted by Gasteiger charge is 2.48. The van der Waals surface area contributed by atoms with E-state index in [1.165, 1.54) is 70.6 Å². The normalized spacial score (nSPS) is 29.6. The second-order valence-electron chi connectivity index (χ2n) is 22.3. The maximum Gasteiger partial charge on any atom is 0.228 e. The van der Waals surface area contributed by atoms with Gasteiger partial charge in [0.25, 0.3) is 0 Å².